The second kappa shape index (κ2) is 9.91. The van der Waals surface area contributed by atoms with Crippen LogP contribution in [0.1, 0.15) is 50.5 Å². The maximum Gasteiger partial charge on any atom is 0.410 e. The number of hydrogen-bond acceptors (Lipinski definition) is 5. The Morgan fingerprint density at radius 3 is 2.45 bits per heavy atom. The Kier molecular flexibility index (Phi) is 7.54. The number of amides is 1. The van der Waals surface area contributed by atoms with E-state index >= 15 is 0 Å². The van der Waals surface area contributed by atoms with Gasteiger partial charge in [0.05, 0.1) is 31.6 Å². The maximum atomic E-state index is 12.3. The van der Waals surface area contributed by atoms with E-state index in [2.05, 4.69) is 29.0 Å². The fourth-order valence-electron chi connectivity index (χ4n) is 4.43. The van der Waals surface area contributed by atoms with E-state index in [1.807, 2.05) is 6.07 Å². The summed E-state index contributed by atoms with van der Waals surface area (Å²) in [5.74, 6) is 0.568. The number of sulfonamides is 1. The van der Waals surface area contributed by atoms with E-state index in [4.69, 9.17) is 9.47 Å². The second-order valence-corrected chi connectivity index (χ2v) is 9.74. The van der Waals surface area contributed by atoms with Crippen molar-refractivity contribution in [2.24, 2.45) is 0 Å². The van der Waals surface area contributed by atoms with Gasteiger partial charge in [0.2, 0.25) is 10.0 Å². The lowest BCUT2D eigenvalue weighted by atomic mass is 9.83. The minimum Gasteiger partial charge on any atom is -0.450 e. The summed E-state index contributed by atoms with van der Waals surface area (Å²) in [5.41, 5.74) is 1.38. The number of carbonyl (C=O) groups excluding carboxylic acids is 1. The van der Waals surface area contributed by atoms with Crippen LogP contribution in [0, 0.1) is 0 Å². The minimum atomic E-state index is -3.37. The predicted molar refractivity (Wildman–Crippen MR) is 111 cm³/mol. The number of hydrogen-bond donors (Lipinski definition) is 1. The van der Waals surface area contributed by atoms with E-state index in [0.717, 1.165) is 31.9 Å². The molecule has 3 rings (SSSR count). The van der Waals surface area contributed by atoms with Crippen LogP contribution in [0.2, 0.25) is 0 Å². The average molecular weight is 425 g/mol. The molecular formula is C21H32N2O5S. The van der Waals surface area contributed by atoms with Crippen LogP contribution in [0.15, 0.2) is 30.3 Å². The number of rotatable bonds is 7. The Balaban J connectivity index is 1.56. The Bertz CT molecular complexity index is 763. The average Bonchev–Trinajstić information content (AvgIpc) is 3.08. The van der Waals surface area contributed by atoms with Gasteiger partial charge in [0.25, 0.3) is 0 Å². The van der Waals surface area contributed by atoms with Gasteiger partial charge >= 0.3 is 6.09 Å². The van der Waals surface area contributed by atoms with Crippen molar-refractivity contribution in [3.05, 3.63) is 35.9 Å². The summed E-state index contributed by atoms with van der Waals surface area (Å²) in [6.07, 6.45) is 5.51. The van der Waals surface area contributed by atoms with E-state index in [9.17, 15) is 13.2 Å². The molecule has 1 unspecified atom stereocenters. The van der Waals surface area contributed by atoms with Crippen molar-refractivity contribution >= 4 is 16.1 Å². The highest BCUT2D eigenvalue weighted by atomic mass is 32.2. The van der Waals surface area contributed by atoms with Gasteiger partial charge in [-0.3, -0.25) is 0 Å². The summed E-state index contributed by atoms with van der Waals surface area (Å²) in [7, 11) is -3.37. The first kappa shape index (κ1) is 22.1. The largest absolute Gasteiger partial charge is 0.450 e. The lowest BCUT2D eigenvalue weighted by Gasteiger charge is -2.32. The zero-order valence-electron chi connectivity index (χ0n) is 17.2. The standard InChI is InChI=1S/C21H32N2O5S/c1-3-27-21(24)23-14-13-19(22-29(2,25)26)20(23)15-28-18-11-9-17(10-12-18)16-7-5-4-6-8-16/h4-8,17-20,22H,3,9-15H2,1-2H3/t17?,18?,19?,20-/m0/s1. The lowest BCUT2D eigenvalue weighted by molar-refractivity contribution is -0.00654. The molecule has 1 aliphatic heterocycles. The summed E-state index contributed by atoms with van der Waals surface area (Å²) < 4.78 is 37.4. The molecule has 0 aromatic heterocycles. The third-order valence-corrected chi connectivity index (χ3v) is 6.59. The molecule has 1 aromatic carbocycles. The normalized spacial score (nSPS) is 27.7. The van der Waals surface area contributed by atoms with E-state index in [-0.39, 0.29) is 24.8 Å². The van der Waals surface area contributed by atoms with E-state index in [0.29, 0.717) is 25.5 Å². The molecule has 1 aromatic rings. The molecule has 2 atom stereocenters. The predicted octanol–water partition coefficient (Wildman–Crippen LogP) is 2.88. The number of nitrogens with one attached hydrogen (secondary N) is 1. The van der Waals surface area contributed by atoms with Crippen LogP contribution in [0.5, 0.6) is 0 Å². The van der Waals surface area contributed by atoms with Gasteiger partial charge in [-0.15, -0.1) is 0 Å². The third kappa shape index (κ3) is 6.17. The Labute approximate surface area is 173 Å². The van der Waals surface area contributed by atoms with Gasteiger partial charge in [0.15, 0.2) is 0 Å². The molecule has 1 heterocycles. The molecule has 8 heteroatoms. The number of nitrogens with zero attached hydrogens (tertiary/aromatic N) is 1. The summed E-state index contributed by atoms with van der Waals surface area (Å²) in [6, 6.07) is 9.86. The van der Waals surface area contributed by atoms with Gasteiger partial charge < -0.3 is 14.4 Å². The van der Waals surface area contributed by atoms with Gasteiger partial charge in [-0.25, -0.2) is 17.9 Å². The summed E-state index contributed by atoms with van der Waals surface area (Å²) in [5, 5.41) is 0. The smallest absolute Gasteiger partial charge is 0.410 e. The van der Waals surface area contributed by atoms with Crippen LogP contribution in [0.4, 0.5) is 4.79 Å². The van der Waals surface area contributed by atoms with Gasteiger partial charge in [0.1, 0.15) is 0 Å². The van der Waals surface area contributed by atoms with Crippen LogP contribution in [-0.4, -0.2) is 63.6 Å². The second-order valence-electron chi connectivity index (χ2n) is 7.96. The number of carbonyl (C=O) groups is 1. The van der Waals surface area contributed by atoms with Crippen LogP contribution in [0.3, 0.4) is 0 Å². The zero-order valence-corrected chi connectivity index (χ0v) is 18.1. The maximum absolute atomic E-state index is 12.3. The fourth-order valence-corrected chi connectivity index (χ4v) is 5.25. The van der Waals surface area contributed by atoms with Crippen molar-refractivity contribution in [2.75, 3.05) is 26.0 Å². The SMILES string of the molecule is CCOC(=O)N1CCC(NS(C)(=O)=O)[C@@H]1COC1CCC(c2ccccc2)CC1. The Morgan fingerprint density at radius 2 is 1.83 bits per heavy atom. The van der Waals surface area contributed by atoms with Crippen LogP contribution < -0.4 is 4.72 Å². The molecule has 1 aliphatic carbocycles. The van der Waals surface area contributed by atoms with Crippen molar-refractivity contribution in [2.45, 2.75) is 63.1 Å². The van der Waals surface area contributed by atoms with Crippen molar-refractivity contribution < 1.29 is 22.7 Å². The number of benzene rings is 1. The Hall–Kier alpha value is -1.64. The summed E-state index contributed by atoms with van der Waals surface area (Å²) in [4.78, 5) is 13.9. The summed E-state index contributed by atoms with van der Waals surface area (Å²) >= 11 is 0. The molecule has 0 radical (unpaired) electrons. The highest BCUT2D eigenvalue weighted by Gasteiger charge is 2.40. The van der Waals surface area contributed by atoms with Gasteiger partial charge in [0, 0.05) is 12.6 Å². The minimum absolute atomic E-state index is 0.137. The first-order valence-electron chi connectivity index (χ1n) is 10.4. The molecule has 2 fully saturated rings. The molecule has 1 saturated carbocycles. The van der Waals surface area contributed by atoms with E-state index < -0.39 is 16.1 Å². The molecule has 7 nitrogen and oxygen atoms in total. The molecule has 2 aliphatic rings. The topological polar surface area (TPSA) is 84.9 Å². The quantitative estimate of drug-likeness (QED) is 0.728. The van der Waals surface area contributed by atoms with Crippen molar-refractivity contribution in [3.8, 4) is 0 Å². The molecule has 1 N–H and O–H groups in total. The van der Waals surface area contributed by atoms with Crippen LogP contribution in [-0.2, 0) is 19.5 Å². The molecule has 29 heavy (non-hydrogen) atoms. The molecule has 0 spiro atoms. The molecule has 162 valence electrons. The number of likely N-dealkylation sites (tertiary alicyclic amines) is 1. The highest BCUT2D eigenvalue weighted by Crippen LogP contribution is 2.34. The lowest BCUT2D eigenvalue weighted by Crippen LogP contribution is -2.49. The van der Waals surface area contributed by atoms with Crippen molar-refractivity contribution in [1.29, 1.82) is 0 Å². The molecule has 0 bridgehead atoms. The van der Waals surface area contributed by atoms with E-state index in [1.54, 1.807) is 11.8 Å². The third-order valence-electron chi connectivity index (χ3n) is 5.86. The highest BCUT2D eigenvalue weighted by molar-refractivity contribution is 7.88. The molecule has 1 amide bonds. The van der Waals surface area contributed by atoms with Crippen molar-refractivity contribution in [1.82, 2.24) is 9.62 Å². The van der Waals surface area contributed by atoms with Crippen molar-refractivity contribution in [3.63, 3.8) is 0 Å². The van der Waals surface area contributed by atoms with Crippen LogP contribution >= 0.6 is 0 Å². The molecular weight excluding hydrogens is 392 g/mol. The monoisotopic (exact) mass is 424 g/mol. The first-order valence-corrected chi connectivity index (χ1v) is 12.3. The molecule has 1 saturated heterocycles. The van der Waals surface area contributed by atoms with Crippen LogP contribution in [0.25, 0.3) is 0 Å². The number of ether oxygens (including phenoxy) is 2. The summed E-state index contributed by atoms with van der Waals surface area (Å²) in [6.45, 7) is 2.82. The van der Waals surface area contributed by atoms with E-state index in [1.165, 1.54) is 5.56 Å². The van der Waals surface area contributed by atoms with Gasteiger partial charge in [-0.1, -0.05) is 30.3 Å². The van der Waals surface area contributed by atoms with Gasteiger partial charge in [-0.05, 0) is 50.5 Å². The zero-order chi connectivity index (χ0) is 20.9. The first-order chi connectivity index (χ1) is 13.9. The Morgan fingerprint density at radius 1 is 1.14 bits per heavy atom. The fraction of sp³-hybridized carbons (Fsp3) is 0.667. The van der Waals surface area contributed by atoms with Gasteiger partial charge in [-0.2, -0.15) is 0 Å².